The highest BCUT2D eigenvalue weighted by molar-refractivity contribution is 5.76. The molecule has 142 valence electrons. The zero-order valence-corrected chi connectivity index (χ0v) is 15.5. The van der Waals surface area contributed by atoms with Crippen LogP contribution in [0.25, 0.3) is 0 Å². The molecule has 5 nitrogen and oxygen atoms in total. The third-order valence-electron chi connectivity index (χ3n) is 8.46. The second-order valence-corrected chi connectivity index (χ2v) is 9.57. The molecule has 0 aromatic heterocycles. The molecule has 4 aliphatic carbocycles. The second kappa shape index (κ2) is 5.93. The number of carbonyl (C=O) groups excluding carboxylic acids is 1. The van der Waals surface area contributed by atoms with E-state index in [1.54, 1.807) is 0 Å². The standard InChI is InChI=1S/C20H32O5/c1-4-20(2,3)19(24)25-18-12-6-11(17(18)23)15-9-5-10(16(12)15)14(8-22)13(9)7-21/h9-18,21-23H,4-8H2,1-3H3. The molecular formula is C20H32O5. The van der Waals surface area contributed by atoms with Gasteiger partial charge in [0.05, 0.1) is 11.5 Å². The lowest BCUT2D eigenvalue weighted by Gasteiger charge is -2.46. The molecule has 0 heterocycles. The number of aliphatic hydroxyl groups excluding tert-OH is 3. The Kier molecular flexibility index (Phi) is 4.21. The van der Waals surface area contributed by atoms with E-state index in [2.05, 4.69) is 0 Å². The molecule has 10 unspecified atom stereocenters. The number of carbonyl (C=O) groups is 1. The van der Waals surface area contributed by atoms with Gasteiger partial charge >= 0.3 is 5.97 Å². The Balaban J connectivity index is 1.55. The minimum Gasteiger partial charge on any atom is -0.459 e. The number of hydrogen-bond donors (Lipinski definition) is 3. The van der Waals surface area contributed by atoms with E-state index < -0.39 is 17.6 Å². The predicted octanol–water partition coefficient (Wildman–Crippen LogP) is 1.44. The Morgan fingerprint density at radius 2 is 1.52 bits per heavy atom. The fourth-order valence-corrected chi connectivity index (χ4v) is 6.93. The van der Waals surface area contributed by atoms with Crippen LogP contribution in [0.2, 0.25) is 0 Å². The normalized spacial score (nSPS) is 50.3. The smallest absolute Gasteiger partial charge is 0.311 e. The molecule has 0 aromatic carbocycles. The summed E-state index contributed by atoms with van der Waals surface area (Å²) in [5.41, 5.74) is -0.523. The van der Waals surface area contributed by atoms with Gasteiger partial charge in [-0.15, -0.1) is 0 Å². The molecule has 4 saturated carbocycles. The molecule has 4 bridgehead atoms. The first-order valence-electron chi connectivity index (χ1n) is 9.96. The first kappa shape index (κ1) is 17.7. The molecule has 4 fully saturated rings. The van der Waals surface area contributed by atoms with Gasteiger partial charge in [-0.3, -0.25) is 4.79 Å². The predicted molar refractivity (Wildman–Crippen MR) is 91.3 cm³/mol. The van der Waals surface area contributed by atoms with Crippen molar-refractivity contribution in [1.82, 2.24) is 0 Å². The van der Waals surface area contributed by atoms with E-state index in [0.29, 0.717) is 30.1 Å². The fourth-order valence-electron chi connectivity index (χ4n) is 6.93. The van der Waals surface area contributed by atoms with Gasteiger partial charge in [0.15, 0.2) is 0 Å². The first-order valence-corrected chi connectivity index (χ1v) is 9.96. The van der Waals surface area contributed by atoms with Crippen molar-refractivity contribution in [2.24, 2.45) is 52.8 Å². The van der Waals surface area contributed by atoms with E-state index in [1.807, 2.05) is 20.8 Å². The highest BCUT2D eigenvalue weighted by Gasteiger charge is 2.70. The lowest BCUT2D eigenvalue weighted by molar-refractivity contribution is -0.176. The van der Waals surface area contributed by atoms with Gasteiger partial charge in [0.25, 0.3) is 0 Å². The van der Waals surface area contributed by atoms with Crippen LogP contribution in [0.4, 0.5) is 0 Å². The SMILES string of the molecule is CCC(C)(C)C(=O)OC1C(O)C2CC1C1C3CC(C(CO)C3CO)C21. The van der Waals surface area contributed by atoms with Gasteiger partial charge in [-0.25, -0.2) is 0 Å². The molecule has 25 heavy (non-hydrogen) atoms. The summed E-state index contributed by atoms with van der Waals surface area (Å²) in [6.45, 7) is 6.02. The Morgan fingerprint density at radius 1 is 1.00 bits per heavy atom. The summed E-state index contributed by atoms with van der Waals surface area (Å²) in [4.78, 5) is 12.5. The maximum atomic E-state index is 12.5. The lowest BCUT2D eigenvalue weighted by Crippen LogP contribution is -2.51. The molecule has 0 aliphatic heterocycles. The summed E-state index contributed by atoms with van der Waals surface area (Å²) in [6.07, 6.45) is 1.71. The minimum atomic E-state index is -0.575. The van der Waals surface area contributed by atoms with Crippen LogP contribution in [-0.2, 0) is 9.53 Å². The van der Waals surface area contributed by atoms with Crippen LogP contribution in [0.5, 0.6) is 0 Å². The molecular weight excluding hydrogens is 320 g/mol. The van der Waals surface area contributed by atoms with Gasteiger partial charge in [0.1, 0.15) is 6.10 Å². The number of esters is 1. The van der Waals surface area contributed by atoms with E-state index in [0.717, 1.165) is 12.8 Å². The Bertz CT molecular complexity index is 546. The zero-order chi connectivity index (χ0) is 18.1. The molecule has 5 heteroatoms. The van der Waals surface area contributed by atoms with Crippen molar-refractivity contribution < 1.29 is 24.9 Å². The number of aliphatic hydroxyl groups is 3. The third kappa shape index (κ3) is 2.28. The van der Waals surface area contributed by atoms with Crippen molar-refractivity contribution in [3.05, 3.63) is 0 Å². The van der Waals surface area contributed by atoms with Crippen LogP contribution < -0.4 is 0 Å². The minimum absolute atomic E-state index is 0.128. The van der Waals surface area contributed by atoms with Gasteiger partial charge in [-0.05, 0) is 74.5 Å². The van der Waals surface area contributed by atoms with E-state index in [1.165, 1.54) is 0 Å². The van der Waals surface area contributed by atoms with E-state index in [9.17, 15) is 20.1 Å². The summed E-state index contributed by atoms with van der Waals surface area (Å²) in [7, 11) is 0. The van der Waals surface area contributed by atoms with Crippen LogP contribution in [0, 0.1) is 52.8 Å². The first-order chi connectivity index (χ1) is 11.9. The summed E-state index contributed by atoms with van der Waals surface area (Å²) < 4.78 is 5.85. The number of ether oxygens (including phenoxy) is 1. The van der Waals surface area contributed by atoms with Crippen LogP contribution in [-0.4, -0.2) is 46.7 Å². The molecule has 0 radical (unpaired) electrons. The quantitative estimate of drug-likeness (QED) is 0.515. The Morgan fingerprint density at radius 3 is 2.04 bits per heavy atom. The summed E-state index contributed by atoms with van der Waals surface area (Å²) in [6, 6.07) is 0. The number of rotatable bonds is 5. The van der Waals surface area contributed by atoms with Gasteiger partial charge in [-0.2, -0.15) is 0 Å². The summed E-state index contributed by atoms with van der Waals surface area (Å²) in [5, 5.41) is 30.5. The summed E-state index contributed by atoms with van der Waals surface area (Å²) in [5.74, 6) is 2.19. The molecule has 0 amide bonds. The maximum Gasteiger partial charge on any atom is 0.311 e. The molecule has 0 aromatic rings. The van der Waals surface area contributed by atoms with Gasteiger partial charge in [-0.1, -0.05) is 6.92 Å². The monoisotopic (exact) mass is 352 g/mol. The van der Waals surface area contributed by atoms with Crippen molar-refractivity contribution in [3.8, 4) is 0 Å². The van der Waals surface area contributed by atoms with Crippen molar-refractivity contribution in [1.29, 1.82) is 0 Å². The Labute approximate surface area is 149 Å². The van der Waals surface area contributed by atoms with Crippen LogP contribution in [0.15, 0.2) is 0 Å². The molecule has 0 spiro atoms. The third-order valence-corrected chi connectivity index (χ3v) is 8.46. The Hall–Kier alpha value is -0.650. The maximum absolute atomic E-state index is 12.5. The number of hydrogen-bond acceptors (Lipinski definition) is 5. The van der Waals surface area contributed by atoms with Crippen molar-refractivity contribution in [2.75, 3.05) is 13.2 Å². The zero-order valence-electron chi connectivity index (χ0n) is 15.5. The topological polar surface area (TPSA) is 87.0 Å². The largest absolute Gasteiger partial charge is 0.459 e. The van der Waals surface area contributed by atoms with Gasteiger partial charge in [0, 0.05) is 19.1 Å². The van der Waals surface area contributed by atoms with Crippen molar-refractivity contribution in [2.45, 2.75) is 52.2 Å². The number of fused-ring (bicyclic) bond motifs is 9. The molecule has 0 saturated heterocycles. The van der Waals surface area contributed by atoms with Gasteiger partial charge < -0.3 is 20.1 Å². The second-order valence-electron chi connectivity index (χ2n) is 9.57. The molecule has 4 rings (SSSR count). The van der Waals surface area contributed by atoms with E-state index >= 15 is 0 Å². The molecule has 10 atom stereocenters. The fraction of sp³-hybridized carbons (Fsp3) is 0.950. The lowest BCUT2D eigenvalue weighted by atomic mass is 9.62. The highest BCUT2D eigenvalue weighted by Crippen LogP contribution is 2.70. The molecule has 3 N–H and O–H groups in total. The van der Waals surface area contributed by atoms with Crippen LogP contribution in [0.1, 0.15) is 40.0 Å². The summed E-state index contributed by atoms with van der Waals surface area (Å²) >= 11 is 0. The van der Waals surface area contributed by atoms with Crippen molar-refractivity contribution >= 4 is 5.97 Å². The van der Waals surface area contributed by atoms with E-state index in [-0.39, 0.29) is 42.9 Å². The van der Waals surface area contributed by atoms with Crippen LogP contribution in [0.3, 0.4) is 0 Å². The van der Waals surface area contributed by atoms with Crippen molar-refractivity contribution in [3.63, 3.8) is 0 Å². The van der Waals surface area contributed by atoms with Crippen LogP contribution >= 0.6 is 0 Å². The average molecular weight is 352 g/mol. The highest BCUT2D eigenvalue weighted by atomic mass is 16.6. The molecule has 4 aliphatic rings. The van der Waals surface area contributed by atoms with Gasteiger partial charge in [0.2, 0.25) is 0 Å². The average Bonchev–Trinajstić information content (AvgIpc) is 3.31. The van der Waals surface area contributed by atoms with E-state index in [4.69, 9.17) is 4.74 Å².